The summed E-state index contributed by atoms with van der Waals surface area (Å²) in [5, 5.41) is 0. The molecule has 0 aliphatic rings. The predicted molar refractivity (Wildman–Crippen MR) is 90.2 cm³/mol. The number of benzene rings is 2. The molecule has 0 aliphatic carbocycles. The maximum Gasteiger partial charge on any atom is 0.308 e. The Labute approximate surface area is 136 Å². The standard InChI is InChI=1S/C19H21NO3/c1-16(21)15-23-19(22)12-13-20(18-10-6-3-7-11-18)14-17-8-4-2-5-9-17/h2-11H,12-15H2,1H3. The average Bonchev–Trinajstić information content (AvgIpc) is 2.58. The second-order valence-corrected chi connectivity index (χ2v) is 5.36. The third kappa shape index (κ3) is 5.94. The van der Waals surface area contributed by atoms with Crippen LogP contribution in [0.25, 0.3) is 0 Å². The fraction of sp³-hybridized carbons (Fsp3) is 0.263. The number of rotatable bonds is 8. The molecule has 0 aromatic heterocycles. The van der Waals surface area contributed by atoms with Crippen LogP contribution in [0.5, 0.6) is 0 Å². The van der Waals surface area contributed by atoms with Crippen molar-refractivity contribution in [1.82, 2.24) is 0 Å². The van der Waals surface area contributed by atoms with E-state index in [1.165, 1.54) is 12.5 Å². The van der Waals surface area contributed by atoms with Crippen molar-refractivity contribution in [1.29, 1.82) is 0 Å². The van der Waals surface area contributed by atoms with Gasteiger partial charge in [0.25, 0.3) is 0 Å². The Morgan fingerprint density at radius 3 is 2.17 bits per heavy atom. The average molecular weight is 311 g/mol. The van der Waals surface area contributed by atoms with Gasteiger partial charge in [-0.25, -0.2) is 0 Å². The van der Waals surface area contributed by atoms with E-state index < -0.39 is 0 Å². The zero-order valence-corrected chi connectivity index (χ0v) is 13.3. The second-order valence-electron chi connectivity index (χ2n) is 5.36. The number of hydrogen-bond donors (Lipinski definition) is 0. The zero-order valence-electron chi connectivity index (χ0n) is 13.3. The first-order chi connectivity index (χ1) is 11.1. The molecule has 2 rings (SSSR count). The molecule has 0 saturated carbocycles. The molecule has 0 saturated heterocycles. The highest BCUT2D eigenvalue weighted by Crippen LogP contribution is 2.17. The van der Waals surface area contributed by atoms with Gasteiger partial charge in [0.05, 0.1) is 6.42 Å². The van der Waals surface area contributed by atoms with Gasteiger partial charge < -0.3 is 9.64 Å². The van der Waals surface area contributed by atoms with Gasteiger partial charge in [0.2, 0.25) is 0 Å². The van der Waals surface area contributed by atoms with E-state index in [-0.39, 0.29) is 24.8 Å². The van der Waals surface area contributed by atoms with Crippen LogP contribution < -0.4 is 4.90 Å². The summed E-state index contributed by atoms with van der Waals surface area (Å²) in [7, 11) is 0. The number of ketones is 1. The van der Waals surface area contributed by atoms with Crippen LogP contribution in [0.3, 0.4) is 0 Å². The van der Waals surface area contributed by atoms with Crippen molar-refractivity contribution in [3.63, 3.8) is 0 Å². The van der Waals surface area contributed by atoms with Gasteiger partial charge in [0.1, 0.15) is 6.61 Å². The summed E-state index contributed by atoms with van der Waals surface area (Å²) in [6.07, 6.45) is 0.245. The van der Waals surface area contributed by atoms with Crippen LogP contribution >= 0.6 is 0 Å². The summed E-state index contributed by atoms with van der Waals surface area (Å²) in [6.45, 7) is 2.50. The maximum atomic E-state index is 11.7. The fourth-order valence-electron chi connectivity index (χ4n) is 2.22. The van der Waals surface area contributed by atoms with Gasteiger partial charge in [-0.2, -0.15) is 0 Å². The number of ether oxygens (including phenoxy) is 1. The Morgan fingerprint density at radius 2 is 1.57 bits per heavy atom. The molecular weight excluding hydrogens is 290 g/mol. The van der Waals surface area contributed by atoms with E-state index in [1.807, 2.05) is 48.5 Å². The quantitative estimate of drug-likeness (QED) is 0.702. The third-order valence-corrected chi connectivity index (χ3v) is 3.36. The van der Waals surface area contributed by atoms with Gasteiger partial charge in [0, 0.05) is 18.8 Å². The van der Waals surface area contributed by atoms with E-state index in [1.54, 1.807) is 0 Å². The van der Waals surface area contributed by atoms with Crippen molar-refractivity contribution in [3.8, 4) is 0 Å². The Hall–Kier alpha value is -2.62. The number of carbonyl (C=O) groups excluding carboxylic acids is 2. The maximum absolute atomic E-state index is 11.7. The molecule has 4 heteroatoms. The Morgan fingerprint density at radius 1 is 0.957 bits per heavy atom. The van der Waals surface area contributed by atoms with Crippen molar-refractivity contribution in [2.24, 2.45) is 0 Å². The molecule has 4 nitrogen and oxygen atoms in total. The second kappa shape index (κ2) is 8.73. The minimum Gasteiger partial charge on any atom is -0.458 e. The summed E-state index contributed by atoms with van der Waals surface area (Å²) in [5.41, 5.74) is 2.23. The molecule has 0 radical (unpaired) electrons. The van der Waals surface area contributed by atoms with E-state index in [0.717, 1.165) is 5.69 Å². The van der Waals surface area contributed by atoms with Crippen LogP contribution in [-0.2, 0) is 20.9 Å². The van der Waals surface area contributed by atoms with E-state index in [4.69, 9.17) is 4.74 Å². The van der Waals surface area contributed by atoms with Crippen molar-refractivity contribution >= 4 is 17.4 Å². The van der Waals surface area contributed by atoms with Crippen LogP contribution in [0.1, 0.15) is 18.9 Å². The Kier molecular flexibility index (Phi) is 6.36. The van der Waals surface area contributed by atoms with E-state index in [0.29, 0.717) is 13.1 Å². The highest BCUT2D eigenvalue weighted by molar-refractivity contribution is 5.80. The molecule has 0 amide bonds. The van der Waals surface area contributed by atoms with Crippen LogP contribution in [0.4, 0.5) is 5.69 Å². The van der Waals surface area contributed by atoms with Crippen molar-refractivity contribution in [2.75, 3.05) is 18.1 Å². The van der Waals surface area contributed by atoms with Crippen LogP contribution in [0, 0.1) is 0 Å². The molecule has 120 valence electrons. The van der Waals surface area contributed by atoms with Gasteiger partial charge in [-0.05, 0) is 24.6 Å². The molecule has 0 bridgehead atoms. The third-order valence-electron chi connectivity index (χ3n) is 3.36. The largest absolute Gasteiger partial charge is 0.458 e. The van der Waals surface area contributed by atoms with Gasteiger partial charge in [0.15, 0.2) is 5.78 Å². The van der Waals surface area contributed by atoms with Gasteiger partial charge in [-0.3, -0.25) is 9.59 Å². The normalized spacial score (nSPS) is 10.1. The first-order valence-electron chi connectivity index (χ1n) is 7.64. The van der Waals surface area contributed by atoms with Crippen molar-refractivity contribution in [3.05, 3.63) is 66.2 Å². The molecular formula is C19H21NO3. The summed E-state index contributed by atoms with van der Waals surface area (Å²) >= 11 is 0. The number of para-hydroxylation sites is 1. The number of Topliss-reactive ketones (excluding diaryl/α,β-unsaturated/α-hetero) is 1. The smallest absolute Gasteiger partial charge is 0.308 e. The summed E-state index contributed by atoms with van der Waals surface area (Å²) in [4.78, 5) is 24.7. The number of hydrogen-bond acceptors (Lipinski definition) is 4. The van der Waals surface area contributed by atoms with Crippen LogP contribution in [-0.4, -0.2) is 24.9 Å². The lowest BCUT2D eigenvalue weighted by molar-refractivity contribution is -0.147. The molecule has 0 spiro atoms. The summed E-state index contributed by atoms with van der Waals surface area (Å²) in [6, 6.07) is 20.0. The highest BCUT2D eigenvalue weighted by Gasteiger charge is 2.11. The van der Waals surface area contributed by atoms with E-state index in [9.17, 15) is 9.59 Å². The number of carbonyl (C=O) groups is 2. The predicted octanol–water partition coefficient (Wildman–Crippen LogP) is 3.22. The molecule has 0 heterocycles. The van der Waals surface area contributed by atoms with E-state index in [2.05, 4.69) is 17.0 Å². The number of esters is 1. The molecule has 0 aliphatic heterocycles. The van der Waals surface area contributed by atoms with Crippen molar-refractivity contribution < 1.29 is 14.3 Å². The number of nitrogens with zero attached hydrogens (tertiary/aromatic N) is 1. The molecule has 2 aromatic carbocycles. The molecule has 0 N–H and O–H groups in total. The molecule has 23 heavy (non-hydrogen) atoms. The molecule has 2 aromatic rings. The summed E-state index contributed by atoms with van der Waals surface area (Å²) in [5.74, 6) is -0.503. The van der Waals surface area contributed by atoms with Gasteiger partial charge in [-0.15, -0.1) is 0 Å². The first-order valence-corrected chi connectivity index (χ1v) is 7.64. The summed E-state index contributed by atoms with van der Waals surface area (Å²) < 4.78 is 4.92. The SMILES string of the molecule is CC(=O)COC(=O)CCN(Cc1ccccc1)c1ccccc1. The molecule has 0 atom stereocenters. The lowest BCUT2D eigenvalue weighted by atomic mass is 10.2. The van der Waals surface area contributed by atoms with E-state index >= 15 is 0 Å². The zero-order chi connectivity index (χ0) is 16.5. The van der Waals surface area contributed by atoms with Crippen molar-refractivity contribution in [2.45, 2.75) is 19.9 Å². The minimum atomic E-state index is -0.353. The lowest BCUT2D eigenvalue weighted by Crippen LogP contribution is -2.26. The lowest BCUT2D eigenvalue weighted by Gasteiger charge is -2.24. The fourth-order valence-corrected chi connectivity index (χ4v) is 2.22. The van der Waals surface area contributed by atoms with Crippen LogP contribution in [0.15, 0.2) is 60.7 Å². The molecule has 0 unspecified atom stereocenters. The Bertz CT molecular complexity index is 626. The van der Waals surface area contributed by atoms with Gasteiger partial charge in [-0.1, -0.05) is 48.5 Å². The Balaban J connectivity index is 1.99. The van der Waals surface area contributed by atoms with Crippen LogP contribution in [0.2, 0.25) is 0 Å². The minimum absolute atomic E-state index is 0.150. The number of anilines is 1. The highest BCUT2D eigenvalue weighted by atomic mass is 16.5. The topological polar surface area (TPSA) is 46.6 Å². The first kappa shape index (κ1) is 16.7. The monoisotopic (exact) mass is 311 g/mol. The molecule has 0 fully saturated rings. The van der Waals surface area contributed by atoms with Gasteiger partial charge >= 0.3 is 5.97 Å².